The minimum atomic E-state index is 0.613. The fourth-order valence-electron chi connectivity index (χ4n) is 2.74. The van der Waals surface area contributed by atoms with E-state index in [2.05, 4.69) is 17.1 Å². The van der Waals surface area contributed by atoms with Gasteiger partial charge < -0.3 is 10.3 Å². The van der Waals surface area contributed by atoms with E-state index in [1.165, 1.54) is 19.3 Å². The molecule has 1 fully saturated rings. The fraction of sp³-hybridized carbons (Fsp3) is 0.750. The van der Waals surface area contributed by atoms with Gasteiger partial charge >= 0.3 is 0 Å². The van der Waals surface area contributed by atoms with Gasteiger partial charge in [-0.25, -0.2) is 0 Å². The predicted octanol–water partition coefficient (Wildman–Crippen LogP) is 1.54. The summed E-state index contributed by atoms with van der Waals surface area (Å²) in [5, 5.41) is 4.03. The first-order valence-corrected chi connectivity index (χ1v) is 6.03. The molecule has 4 heteroatoms. The summed E-state index contributed by atoms with van der Waals surface area (Å²) in [7, 11) is 2.16. The van der Waals surface area contributed by atoms with Crippen molar-refractivity contribution in [3.63, 3.8) is 0 Å². The van der Waals surface area contributed by atoms with Crippen LogP contribution in [0.1, 0.15) is 30.7 Å². The summed E-state index contributed by atoms with van der Waals surface area (Å²) >= 11 is 0. The third-order valence-corrected chi connectivity index (χ3v) is 3.58. The Morgan fingerprint density at radius 3 is 3.00 bits per heavy atom. The molecular formula is C12H21N3O. The molecule has 0 aliphatic heterocycles. The molecule has 2 N–H and O–H groups in total. The second-order valence-electron chi connectivity index (χ2n) is 4.84. The molecule has 0 bridgehead atoms. The molecule has 0 aromatic carbocycles. The van der Waals surface area contributed by atoms with Gasteiger partial charge in [0.05, 0.1) is 5.69 Å². The monoisotopic (exact) mass is 223 g/mol. The number of rotatable bonds is 4. The number of nitrogens with two attached hydrogens (primary N) is 1. The molecule has 0 saturated heterocycles. The Hall–Kier alpha value is -0.870. The number of aromatic nitrogens is 1. The topological polar surface area (TPSA) is 55.3 Å². The van der Waals surface area contributed by atoms with Crippen LogP contribution in [-0.2, 0) is 6.54 Å². The molecule has 1 aliphatic rings. The van der Waals surface area contributed by atoms with Crippen molar-refractivity contribution >= 4 is 0 Å². The Bertz CT molecular complexity index is 337. The van der Waals surface area contributed by atoms with E-state index >= 15 is 0 Å². The van der Waals surface area contributed by atoms with Gasteiger partial charge in [-0.05, 0) is 39.3 Å². The molecule has 1 heterocycles. The number of nitrogens with zero attached hydrogens (tertiary/aromatic N) is 2. The lowest BCUT2D eigenvalue weighted by Gasteiger charge is -2.28. The van der Waals surface area contributed by atoms with Gasteiger partial charge in [-0.2, -0.15) is 0 Å². The SMILES string of the molecule is Cc1cc(CN(C)C2CCCC2CN)no1. The van der Waals surface area contributed by atoms with Crippen LogP contribution in [0.4, 0.5) is 0 Å². The molecule has 1 aliphatic carbocycles. The summed E-state index contributed by atoms with van der Waals surface area (Å²) in [4.78, 5) is 2.36. The minimum Gasteiger partial charge on any atom is -0.361 e. The molecule has 4 nitrogen and oxygen atoms in total. The first-order valence-electron chi connectivity index (χ1n) is 6.03. The van der Waals surface area contributed by atoms with Crippen LogP contribution in [0.2, 0.25) is 0 Å². The summed E-state index contributed by atoms with van der Waals surface area (Å²) in [6.07, 6.45) is 3.83. The van der Waals surface area contributed by atoms with Crippen molar-refractivity contribution in [1.29, 1.82) is 0 Å². The molecule has 0 amide bonds. The van der Waals surface area contributed by atoms with Gasteiger partial charge in [-0.1, -0.05) is 11.6 Å². The third-order valence-electron chi connectivity index (χ3n) is 3.58. The molecule has 1 saturated carbocycles. The van der Waals surface area contributed by atoms with Gasteiger partial charge in [0.2, 0.25) is 0 Å². The van der Waals surface area contributed by atoms with Crippen molar-refractivity contribution in [3.8, 4) is 0 Å². The molecule has 1 aromatic heterocycles. The van der Waals surface area contributed by atoms with Gasteiger partial charge in [0.1, 0.15) is 5.76 Å². The Morgan fingerprint density at radius 1 is 1.56 bits per heavy atom. The van der Waals surface area contributed by atoms with Gasteiger partial charge in [0.15, 0.2) is 0 Å². The van der Waals surface area contributed by atoms with E-state index in [9.17, 15) is 0 Å². The quantitative estimate of drug-likeness (QED) is 0.841. The van der Waals surface area contributed by atoms with Gasteiger partial charge in [-0.3, -0.25) is 4.90 Å². The lowest BCUT2D eigenvalue weighted by Crippen LogP contribution is -2.37. The van der Waals surface area contributed by atoms with E-state index in [1.54, 1.807) is 0 Å². The first-order chi connectivity index (χ1) is 7.70. The van der Waals surface area contributed by atoms with E-state index in [1.807, 2.05) is 13.0 Å². The smallest absolute Gasteiger partial charge is 0.133 e. The third kappa shape index (κ3) is 2.44. The van der Waals surface area contributed by atoms with Crippen LogP contribution in [0.5, 0.6) is 0 Å². The molecule has 0 spiro atoms. The highest BCUT2D eigenvalue weighted by Crippen LogP contribution is 2.29. The van der Waals surface area contributed by atoms with E-state index in [-0.39, 0.29) is 0 Å². The minimum absolute atomic E-state index is 0.613. The first kappa shape index (κ1) is 11.6. The van der Waals surface area contributed by atoms with Gasteiger partial charge in [0, 0.05) is 18.7 Å². The second-order valence-corrected chi connectivity index (χ2v) is 4.84. The van der Waals surface area contributed by atoms with Crippen LogP contribution in [0, 0.1) is 12.8 Å². The second kappa shape index (κ2) is 4.97. The maximum atomic E-state index is 5.80. The zero-order chi connectivity index (χ0) is 11.5. The van der Waals surface area contributed by atoms with E-state index in [0.29, 0.717) is 12.0 Å². The van der Waals surface area contributed by atoms with Crippen LogP contribution in [-0.4, -0.2) is 29.7 Å². The lowest BCUT2D eigenvalue weighted by molar-refractivity contribution is 0.188. The van der Waals surface area contributed by atoms with Crippen molar-refractivity contribution in [1.82, 2.24) is 10.1 Å². The normalized spacial score (nSPS) is 25.5. The van der Waals surface area contributed by atoms with Crippen molar-refractivity contribution < 1.29 is 4.52 Å². The summed E-state index contributed by atoms with van der Waals surface area (Å²) in [6, 6.07) is 2.62. The highest BCUT2D eigenvalue weighted by atomic mass is 16.5. The van der Waals surface area contributed by atoms with Crippen LogP contribution >= 0.6 is 0 Å². The molecule has 2 atom stereocenters. The van der Waals surface area contributed by atoms with Crippen LogP contribution in [0.3, 0.4) is 0 Å². The van der Waals surface area contributed by atoms with E-state index in [4.69, 9.17) is 10.3 Å². The summed E-state index contributed by atoms with van der Waals surface area (Å²) in [5.41, 5.74) is 6.82. The van der Waals surface area contributed by atoms with Crippen LogP contribution < -0.4 is 5.73 Å². The van der Waals surface area contributed by atoms with Crippen LogP contribution in [0.15, 0.2) is 10.6 Å². The summed E-state index contributed by atoms with van der Waals surface area (Å²) < 4.78 is 5.08. The Morgan fingerprint density at radius 2 is 2.38 bits per heavy atom. The average Bonchev–Trinajstić information content (AvgIpc) is 2.86. The van der Waals surface area contributed by atoms with E-state index < -0.39 is 0 Å². The molecule has 0 radical (unpaired) electrons. The van der Waals surface area contributed by atoms with Crippen LogP contribution in [0.25, 0.3) is 0 Å². The number of aryl methyl sites for hydroxylation is 1. The lowest BCUT2D eigenvalue weighted by atomic mass is 10.0. The molecule has 1 aromatic rings. The Balaban J connectivity index is 1.94. The van der Waals surface area contributed by atoms with Crippen molar-refractivity contribution in [2.45, 2.75) is 38.8 Å². The number of hydrogen-bond donors (Lipinski definition) is 1. The fourth-order valence-corrected chi connectivity index (χ4v) is 2.74. The molecule has 2 rings (SSSR count). The maximum absolute atomic E-state index is 5.80. The zero-order valence-electron chi connectivity index (χ0n) is 10.1. The summed E-state index contributed by atoms with van der Waals surface area (Å²) in [5.74, 6) is 1.53. The largest absolute Gasteiger partial charge is 0.361 e. The molecule has 90 valence electrons. The maximum Gasteiger partial charge on any atom is 0.133 e. The van der Waals surface area contributed by atoms with Crippen molar-refractivity contribution in [3.05, 3.63) is 17.5 Å². The summed E-state index contributed by atoms with van der Waals surface area (Å²) in [6.45, 7) is 3.58. The van der Waals surface area contributed by atoms with E-state index in [0.717, 1.165) is 24.5 Å². The Kier molecular flexibility index (Phi) is 3.61. The average molecular weight is 223 g/mol. The standard InChI is InChI=1S/C12H21N3O/c1-9-6-11(14-16-9)8-15(2)12-5-3-4-10(12)7-13/h6,10,12H,3-5,7-8,13H2,1-2H3. The molecular weight excluding hydrogens is 202 g/mol. The zero-order valence-corrected chi connectivity index (χ0v) is 10.1. The predicted molar refractivity (Wildman–Crippen MR) is 62.9 cm³/mol. The highest BCUT2D eigenvalue weighted by Gasteiger charge is 2.29. The Labute approximate surface area is 96.8 Å². The number of hydrogen-bond acceptors (Lipinski definition) is 4. The molecule has 2 unspecified atom stereocenters. The molecule has 16 heavy (non-hydrogen) atoms. The van der Waals surface area contributed by atoms with Crippen molar-refractivity contribution in [2.24, 2.45) is 11.7 Å². The van der Waals surface area contributed by atoms with Gasteiger partial charge in [-0.15, -0.1) is 0 Å². The van der Waals surface area contributed by atoms with Gasteiger partial charge in [0.25, 0.3) is 0 Å². The van der Waals surface area contributed by atoms with Crippen molar-refractivity contribution in [2.75, 3.05) is 13.6 Å². The highest BCUT2D eigenvalue weighted by molar-refractivity contribution is 5.03.